The van der Waals surface area contributed by atoms with Crippen LogP contribution in [0.4, 0.5) is 10.5 Å². The summed E-state index contributed by atoms with van der Waals surface area (Å²) in [5.41, 5.74) is 2.06. The Morgan fingerprint density at radius 2 is 1.69 bits per heavy atom. The van der Waals surface area contributed by atoms with Crippen LogP contribution in [-0.2, 0) is 6.42 Å². The number of piperazine rings is 1. The SMILES string of the molecule is COc1ccc(NC(=O)N2CCN(CCc3ccc(Cl)cc3)CC2)cc1. The maximum atomic E-state index is 12.4. The van der Waals surface area contributed by atoms with Crippen LogP contribution in [0.2, 0.25) is 5.02 Å². The molecule has 2 aromatic carbocycles. The van der Waals surface area contributed by atoms with Gasteiger partial charge in [-0.15, -0.1) is 0 Å². The van der Waals surface area contributed by atoms with Crippen molar-refractivity contribution >= 4 is 23.3 Å². The number of hydrogen-bond acceptors (Lipinski definition) is 3. The van der Waals surface area contributed by atoms with E-state index in [-0.39, 0.29) is 6.03 Å². The molecule has 26 heavy (non-hydrogen) atoms. The van der Waals surface area contributed by atoms with E-state index in [1.807, 2.05) is 41.3 Å². The van der Waals surface area contributed by atoms with Crippen molar-refractivity contribution in [3.63, 3.8) is 0 Å². The van der Waals surface area contributed by atoms with Gasteiger partial charge in [0, 0.05) is 43.4 Å². The minimum atomic E-state index is -0.0486. The number of carbonyl (C=O) groups is 1. The number of urea groups is 1. The molecule has 2 amide bonds. The Morgan fingerprint density at radius 3 is 2.31 bits per heavy atom. The summed E-state index contributed by atoms with van der Waals surface area (Å²) >= 11 is 5.92. The Hall–Kier alpha value is -2.24. The van der Waals surface area contributed by atoms with E-state index in [9.17, 15) is 4.79 Å². The predicted octanol–water partition coefficient (Wildman–Crippen LogP) is 3.74. The normalized spacial score (nSPS) is 14.9. The van der Waals surface area contributed by atoms with Crippen molar-refractivity contribution in [3.05, 3.63) is 59.1 Å². The number of methoxy groups -OCH3 is 1. The summed E-state index contributed by atoms with van der Waals surface area (Å²) in [5.74, 6) is 0.775. The van der Waals surface area contributed by atoms with Gasteiger partial charge in [0.05, 0.1) is 7.11 Å². The van der Waals surface area contributed by atoms with Gasteiger partial charge in [-0.2, -0.15) is 0 Å². The number of hydrogen-bond donors (Lipinski definition) is 1. The summed E-state index contributed by atoms with van der Waals surface area (Å²) in [6.07, 6.45) is 0.995. The molecule has 5 nitrogen and oxygen atoms in total. The molecule has 0 unspecified atom stereocenters. The van der Waals surface area contributed by atoms with E-state index in [0.717, 1.165) is 55.6 Å². The summed E-state index contributed by atoms with van der Waals surface area (Å²) < 4.78 is 5.13. The molecule has 0 bridgehead atoms. The number of nitrogens with zero attached hydrogens (tertiary/aromatic N) is 2. The molecule has 0 aromatic heterocycles. The second-order valence-corrected chi connectivity index (χ2v) is 6.80. The van der Waals surface area contributed by atoms with Crippen LogP contribution in [-0.4, -0.2) is 55.7 Å². The average Bonchev–Trinajstić information content (AvgIpc) is 2.68. The third kappa shape index (κ3) is 5.13. The highest BCUT2D eigenvalue weighted by atomic mass is 35.5. The van der Waals surface area contributed by atoms with Crippen molar-refractivity contribution in [2.24, 2.45) is 0 Å². The molecule has 1 saturated heterocycles. The number of benzene rings is 2. The fourth-order valence-electron chi connectivity index (χ4n) is 2.99. The number of nitrogens with one attached hydrogen (secondary N) is 1. The summed E-state index contributed by atoms with van der Waals surface area (Å²) in [5, 5.41) is 3.71. The zero-order valence-corrected chi connectivity index (χ0v) is 15.7. The fraction of sp³-hybridized carbons (Fsp3) is 0.350. The Morgan fingerprint density at radius 1 is 1.04 bits per heavy atom. The van der Waals surface area contributed by atoms with Gasteiger partial charge >= 0.3 is 6.03 Å². The number of halogens is 1. The molecule has 1 fully saturated rings. The molecule has 0 radical (unpaired) electrons. The molecule has 0 atom stereocenters. The van der Waals surface area contributed by atoms with Crippen LogP contribution in [0.25, 0.3) is 0 Å². The van der Waals surface area contributed by atoms with Gasteiger partial charge in [-0.3, -0.25) is 4.90 Å². The summed E-state index contributed by atoms with van der Waals surface area (Å²) in [6.45, 7) is 4.26. The smallest absolute Gasteiger partial charge is 0.321 e. The van der Waals surface area contributed by atoms with Gasteiger partial charge < -0.3 is 15.0 Å². The van der Waals surface area contributed by atoms with Gasteiger partial charge in [-0.05, 0) is 48.4 Å². The van der Waals surface area contributed by atoms with Crippen molar-refractivity contribution < 1.29 is 9.53 Å². The van der Waals surface area contributed by atoms with Crippen LogP contribution in [0.5, 0.6) is 5.75 Å². The third-order valence-electron chi connectivity index (χ3n) is 4.63. The van der Waals surface area contributed by atoms with Gasteiger partial charge in [0.15, 0.2) is 0 Å². The Labute approximate surface area is 159 Å². The molecule has 6 heteroatoms. The van der Waals surface area contributed by atoms with Crippen LogP contribution in [0.3, 0.4) is 0 Å². The second kappa shape index (κ2) is 8.92. The predicted molar refractivity (Wildman–Crippen MR) is 105 cm³/mol. The third-order valence-corrected chi connectivity index (χ3v) is 4.88. The highest BCUT2D eigenvalue weighted by Gasteiger charge is 2.20. The molecule has 3 rings (SSSR count). The zero-order valence-electron chi connectivity index (χ0n) is 15.0. The number of anilines is 1. The molecule has 138 valence electrons. The Bertz CT molecular complexity index is 711. The molecule has 0 aliphatic carbocycles. The van der Waals surface area contributed by atoms with E-state index >= 15 is 0 Å². The second-order valence-electron chi connectivity index (χ2n) is 6.36. The lowest BCUT2D eigenvalue weighted by atomic mass is 10.1. The average molecular weight is 374 g/mol. The van der Waals surface area contributed by atoms with Gasteiger partial charge in [0.1, 0.15) is 5.75 Å². The van der Waals surface area contributed by atoms with Gasteiger partial charge in [-0.25, -0.2) is 4.79 Å². The van der Waals surface area contributed by atoms with Crippen molar-refractivity contribution in [1.82, 2.24) is 9.80 Å². The van der Waals surface area contributed by atoms with Crippen molar-refractivity contribution in [1.29, 1.82) is 0 Å². The van der Waals surface area contributed by atoms with Gasteiger partial charge in [0.2, 0.25) is 0 Å². The number of amides is 2. The first-order valence-electron chi connectivity index (χ1n) is 8.81. The maximum absolute atomic E-state index is 12.4. The van der Waals surface area contributed by atoms with E-state index in [1.165, 1.54) is 5.56 Å². The maximum Gasteiger partial charge on any atom is 0.321 e. The molecule has 0 spiro atoms. The van der Waals surface area contributed by atoms with Crippen molar-refractivity contribution in [2.75, 3.05) is 45.2 Å². The Kier molecular flexibility index (Phi) is 6.36. The summed E-state index contributed by atoms with van der Waals surface area (Å²) in [4.78, 5) is 16.7. The number of rotatable bonds is 5. The first-order chi connectivity index (χ1) is 12.6. The van der Waals surface area contributed by atoms with Crippen LogP contribution in [0.15, 0.2) is 48.5 Å². The van der Waals surface area contributed by atoms with Crippen LogP contribution < -0.4 is 10.1 Å². The highest BCUT2D eigenvalue weighted by molar-refractivity contribution is 6.30. The molecular weight excluding hydrogens is 350 g/mol. The van der Waals surface area contributed by atoms with Crippen LogP contribution in [0.1, 0.15) is 5.56 Å². The van der Waals surface area contributed by atoms with E-state index in [2.05, 4.69) is 22.3 Å². The minimum absolute atomic E-state index is 0.0486. The molecule has 1 N–H and O–H groups in total. The monoisotopic (exact) mass is 373 g/mol. The van der Waals surface area contributed by atoms with Crippen molar-refractivity contribution in [3.8, 4) is 5.75 Å². The molecule has 1 aliphatic heterocycles. The minimum Gasteiger partial charge on any atom is -0.497 e. The number of ether oxygens (including phenoxy) is 1. The van der Waals surface area contributed by atoms with E-state index < -0.39 is 0 Å². The van der Waals surface area contributed by atoms with E-state index in [1.54, 1.807) is 7.11 Å². The fourth-order valence-corrected chi connectivity index (χ4v) is 3.12. The molecule has 1 aliphatic rings. The highest BCUT2D eigenvalue weighted by Crippen LogP contribution is 2.16. The van der Waals surface area contributed by atoms with Crippen LogP contribution >= 0.6 is 11.6 Å². The first kappa shape index (κ1) is 18.5. The lowest BCUT2D eigenvalue weighted by Gasteiger charge is -2.34. The summed E-state index contributed by atoms with van der Waals surface area (Å²) in [7, 11) is 1.63. The molecule has 0 saturated carbocycles. The van der Waals surface area contributed by atoms with Gasteiger partial charge in [-0.1, -0.05) is 23.7 Å². The lowest BCUT2D eigenvalue weighted by molar-refractivity contribution is 0.148. The van der Waals surface area contributed by atoms with E-state index in [0.29, 0.717) is 0 Å². The Balaban J connectivity index is 1.42. The van der Waals surface area contributed by atoms with Crippen LogP contribution in [0, 0.1) is 0 Å². The molecule has 1 heterocycles. The summed E-state index contributed by atoms with van der Waals surface area (Å²) in [6, 6.07) is 15.3. The first-order valence-corrected chi connectivity index (χ1v) is 9.18. The molecule has 2 aromatic rings. The van der Waals surface area contributed by atoms with E-state index in [4.69, 9.17) is 16.3 Å². The van der Waals surface area contributed by atoms with Gasteiger partial charge in [0.25, 0.3) is 0 Å². The largest absolute Gasteiger partial charge is 0.497 e. The number of carbonyl (C=O) groups excluding carboxylic acids is 1. The lowest BCUT2D eigenvalue weighted by Crippen LogP contribution is -2.50. The molecular formula is C20H24ClN3O2. The topological polar surface area (TPSA) is 44.8 Å². The zero-order chi connectivity index (χ0) is 18.4. The standard InChI is InChI=1S/C20H24ClN3O2/c1-26-19-8-6-18(7-9-19)22-20(25)24-14-12-23(13-15-24)11-10-16-2-4-17(21)5-3-16/h2-9H,10-15H2,1H3,(H,22,25). The van der Waals surface area contributed by atoms with Crippen molar-refractivity contribution in [2.45, 2.75) is 6.42 Å². The quantitative estimate of drug-likeness (QED) is 0.868.